The van der Waals surface area contributed by atoms with Gasteiger partial charge in [-0.1, -0.05) is 0 Å². The molecule has 23 heavy (non-hydrogen) atoms. The number of alkyl halides is 2. The predicted octanol–water partition coefficient (Wildman–Crippen LogP) is 1.86. The molecular weight excluding hydrogens is 320 g/mol. The van der Waals surface area contributed by atoms with Crippen molar-refractivity contribution in [3.63, 3.8) is 0 Å². The van der Waals surface area contributed by atoms with Gasteiger partial charge in [0.25, 0.3) is 5.92 Å². The number of aryl methyl sites for hydroxylation is 1. The van der Waals surface area contributed by atoms with Gasteiger partial charge in [0.15, 0.2) is 5.96 Å². The number of halogens is 2. The highest BCUT2D eigenvalue weighted by Gasteiger charge is 2.40. The number of nitrogens with zero attached hydrogens (tertiary/aromatic N) is 3. The third-order valence-corrected chi connectivity index (χ3v) is 6.24. The molecule has 1 aliphatic carbocycles. The highest BCUT2D eigenvalue weighted by molar-refractivity contribution is 7.13. The van der Waals surface area contributed by atoms with Crippen LogP contribution in [0.15, 0.2) is 4.99 Å². The van der Waals surface area contributed by atoms with Crippen LogP contribution in [0, 0.1) is 0 Å². The fraction of sp³-hybridized carbons (Fsp3) is 0.667. The van der Waals surface area contributed by atoms with E-state index in [1.165, 1.54) is 0 Å². The molecule has 1 aromatic heterocycles. The second-order valence-electron chi connectivity index (χ2n) is 6.63. The molecule has 3 aliphatic rings. The fourth-order valence-corrected chi connectivity index (χ4v) is 4.90. The summed E-state index contributed by atoms with van der Waals surface area (Å²) in [4.78, 5) is 11.3. The van der Waals surface area contributed by atoms with Crippen LogP contribution in [-0.2, 0) is 12.8 Å². The number of nitrogens with one attached hydrogen (secondary N) is 1. The van der Waals surface area contributed by atoms with E-state index >= 15 is 0 Å². The van der Waals surface area contributed by atoms with E-state index in [0.717, 1.165) is 47.2 Å². The lowest BCUT2D eigenvalue weighted by Crippen LogP contribution is -2.46. The van der Waals surface area contributed by atoms with Gasteiger partial charge in [0.2, 0.25) is 0 Å². The first-order chi connectivity index (χ1) is 10.9. The van der Waals surface area contributed by atoms with Crippen molar-refractivity contribution in [1.82, 2.24) is 9.80 Å². The number of piperazine rings is 1. The summed E-state index contributed by atoms with van der Waals surface area (Å²) in [7, 11) is 2.11. The maximum atomic E-state index is 13.8. The standard InChI is InChI=1S/C15H21F2N5S/c1-21-4-6-22(7-5-21)13-12-11(19-14(18)20-13)9-8-15(16,17)3-2-10(9)23-12/h13H,2-8H2,1H3,(H3,18,19,20). The van der Waals surface area contributed by atoms with Gasteiger partial charge in [-0.15, -0.1) is 11.3 Å². The van der Waals surface area contributed by atoms with Gasteiger partial charge in [-0.2, -0.15) is 0 Å². The number of rotatable bonds is 1. The van der Waals surface area contributed by atoms with Crippen LogP contribution in [0.3, 0.4) is 0 Å². The summed E-state index contributed by atoms with van der Waals surface area (Å²) in [5.74, 6) is -2.29. The molecule has 0 bridgehead atoms. The Balaban J connectivity index is 1.69. The topological polar surface area (TPSA) is 56.9 Å². The van der Waals surface area contributed by atoms with Crippen molar-refractivity contribution in [1.29, 1.82) is 0 Å². The molecule has 0 spiro atoms. The normalized spacial score (nSPS) is 27.8. The van der Waals surface area contributed by atoms with E-state index in [0.29, 0.717) is 12.4 Å². The van der Waals surface area contributed by atoms with Crippen molar-refractivity contribution < 1.29 is 8.78 Å². The molecule has 1 fully saturated rings. The zero-order valence-corrected chi connectivity index (χ0v) is 13.9. The van der Waals surface area contributed by atoms with Crippen molar-refractivity contribution in [3.05, 3.63) is 15.3 Å². The Morgan fingerprint density at radius 1 is 1.30 bits per heavy atom. The van der Waals surface area contributed by atoms with Crippen LogP contribution >= 0.6 is 11.3 Å². The molecule has 0 amide bonds. The summed E-state index contributed by atoms with van der Waals surface area (Å²) in [5.41, 5.74) is 7.49. The summed E-state index contributed by atoms with van der Waals surface area (Å²) < 4.78 is 27.6. The predicted molar refractivity (Wildman–Crippen MR) is 88.3 cm³/mol. The lowest BCUT2D eigenvalue weighted by atomic mass is 9.93. The third kappa shape index (κ3) is 2.72. The fourth-order valence-electron chi connectivity index (χ4n) is 3.55. The van der Waals surface area contributed by atoms with Crippen LogP contribution < -0.4 is 11.1 Å². The zero-order valence-electron chi connectivity index (χ0n) is 13.1. The molecule has 126 valence electrons. The molecular formula is C15H21F2N5S. The van der Waals surface area contributed by atoms with Gasteiger partial charge in [0.1, 0.15) is 6.17 Å². The van der Waals surface area contributed by atoms with Crippen molar-refractivity contribution in [2.45, 2.75) is 31.4 Å². The lowest BCUT2D eigenvalue weighted by Gasteiger charge is -2.37. The van der Waals surface area contributed by atoms with Gasteiger partial charge in [-0.3, -0.25) is 4.90 Å². The van der Waals surface area contributed by atoms with Crippen LogP contribution in [0.5, 0.6) is 0 Å². The Morgan fingerprint density at radius 3 is 2.78 bits per heavy atom. The minimum Gasteiger partial charge on any atom is -0.370 e. The van der Waals surface area contributed by atoms with Crippen LogP contribution in [0.2, 0.25) is 0 Å². The van der Waals surface area contributed by atoms with Gasteiger partial charge in [-0.25, -0.2) is 13.8 Å². The maximum Gasteiger partial charge on any atom is 0.252 e. The molecule has 1 aromatic rings. The number of hydrogen-bond donors (Lipinski definition) is 2. The number of nitrogens with two attached hydrogens (primary N) is 1. The average molecular weight is 341 g/mol. The number of anilines is 1. The van der Waals surface area contributed by atoms with E-state index in [1.54, 1.807) is 11.3 Å². The number of fused-ring (bicyclic) bond motifs is 3. The van der Waals surface area contributed by atoms with Gasteiger partial charge < -0.3 is 16.0 Å². The second kappa shape index (κ2) is 5.39. The van der Waals surface area contributed by atoms with E-state index < -0.39 is 5.92 Å². The largest absolute Gasteiger partial charge is 0.370 e. The first-order valence-electron chi connectivity index (χ1n) is 7.98. The molecule has 5 nitrogen and oxygen atoms in total. The molecule has 1 unspecified atom stereocenters. The van der Waals surface area contributed by atoms with E-state index in [2.05, 4.69) is 27.2 Å². The Morgan fingerprint density at radius 2 is 2.04 bits per heavy atom. The van der Waals surface area contributed by atoms with E-state index in [-0.39, 0.29) is 19.0 Å². The summed E-state index contributed by atoms with van der Waals surface area (Å²) in [5, 5.41) is 3.05. The minimum absolute atomic E-state index is 0.0606. The Kier molecular flexibility index (Phi) is 3.58. The smallest absolute Gasteiger partial charge is 0.252 e. The monoisotopic (exact) mass is 341 g/mol. The van der Waals surface area contributed by atoms with Crippen molar-refractivity contribution >= 4 is 23.0 Å². The van der Waals surface area contributed by atoms with Crippen LogP contribution in [-0.4, -0.2) is 54.9 Å². The van der Waals surface area contributed by atoms with Gasteiger partial charge in [0, 0.05) is 43.9 Å². The zero-order chi connectivity index (χ0) is 16.2. The van der Waals surface area contributed by atoms with Crippen molar-refractivity contribution in [2.75, 3.05) is 38.5 Å². The highest BCUT2D eigenvalue weighted by atomic mass is 32.1. The molecule has 8 heteroatoms. The first kappa shape index (κ1) is 15.3. The quantitative estimate of drug-likeness (QED) is 0.819. The van der Waals surface area contributed by atoms with Crippen LogP contribution in [0.25, 0.3) is 0 Å². The summed E-state index contributed by atoms with van der Waals surface area (Å²) in [6.07, 6.45) is 0.0553. The number of likely N-dealkylation sites (N-methyl/N-ethyl adjacent to an activating group) is 1. The van der Waals surface area contributed by atoms with Gasteiger partial charge in [0.05, 0.1) is 10.6 Å². The Labute approximate surface area is 138 Å². The average Bonchev–Trinajstić information content (AvgIpc) is 2.84. The first-order valence-corrected chi connectivity index (χ1v) is 8.80. The summed E-state index contributed by atoms with van der Waals surface area (Å²) >= 11 is 1.63. The molecule has 0 radical (unpaired) electrons. The molecule has 1 saturated heterocycles. The molecule has 4 rings (SSSR count). The van der Waals surface area contributed by atoms with Gasteiger partial charge in [-0.05, 0) is 19.0 Å². The molecule has 0 aromatic carbocycles. The van der Waals surface area contributed by atoms with Crippen LogP contribution in [0.4, 0.5) is 14.5 Å². The maximum absolute atomic E-state index is 13.8. The van der Waals surface area contributed by atoms with E-state index in [1.807, 2.05) is 0 Å². The Bertz CT molecular complexity index is 649. The van der Waals surface area contributed by atoms with Crippen LogP contribution in [0.1, 0.15) is 27.9 Å². The number of thiophene rings is 1. The molecule has 1 atom stereocenters. The number of guanidine groups is 1. The molecule has 3 N–H and O–H groups in total. The van der Waals surface area contributed by atoms with E-state index in [9.17, 15) is 8.78 Å². The minimum atomic E-state index is -2.61. The highest BCUT2D eigenvalue weighted by Crippen LogP contribution is 2.47. The van der Waals surface area contributed by atoms with Crippen molar-refractivity contribution in [3.8, 4) is 0 Å². The second-order valence-corrected chi connectivity index (χ2v) is 7.76. The summed E-state index contributed by atoms with van der Waals surface area (Å²) in [6, 6.07) is 0. The summed E-state index contributed by atoms with van der Waals surface area (Å²) in [6.45, 7) is 3.79. The number of aliphatic imine (C=N–C) groups is 1. The van der Waals surface area contributed by atoms with E-state index in [4.69, 9.17) is 5.73 Å². The third-order valence-electron chi connectivity index (χ3n) is 4.90. The lowest BCUT2D eigenvalue weighted by molar-refractivity contribution is -0.0115. The molecule has 2 aliphatic heterocycles. The number of hydrogen-bond acceptors (Lipinski definition) is 6. The van der Waals surface area contributed by atoms with Crippen molar-refractivity contribution in [2.24, 2.45) is 10.7 Å². The SMILES string of the molecule is CN1CCN(C2N=C(N)Nc3c2sc2c3CC(F)(F)CC2)CC1. The molecule has 3 heterocycles. The van der Waals surface area contributed by atoms with Gasteiger partial charge >= 0.3 is 0 Å². The Hall–Kier alpha value is -1.25. The molecule has 0 saturated carbocycles.